The Morgan fingerprint density at radius 3 is 2.48 bits per heavy atom. The Kier molecular flexibility index (Phi) is 5.78. The highest BCUT2D eigenvalue weighted by Gasteiger charge is 2.35. The second-order valence-electron chi connectivity index (χ2n) is 10.6. The number of anilines is 1. The van der Waals surface area contributed by atoms with E-state index in [0.717, 1.165) is 60.3 Å². The number of aromatic nitrogens is 5. The number of fused-ring (bicyclic) bond motifs is 2. The maximum absolute atomic E-state index is 13.4. The summed E-state index contributed by atoms with van der Waals surface area (Å²) < 4.78 is 5.42. The third kappa shape index (κ3) is 3.75. The number of nitrogens with two attached hydrogens (primary N) is 2. The van der Waals surface area contributed by atoms with Crippen molar-refractivity contribution in [3.05, 3.63) is 99.9 Å². The lowest BCUT2D eigenvalue weighted by molar-refractivity contribution is 0.0998. The van der Waals surface area contributed by atoms with Gasteiger partial charge < -0.3 is 16.8 Å². The largest absolute Gasteiger partial charge is 0.382 e. The summed E-state index contributed by atoms with van der Waals surface area (Å²) in [7, 11) is 0. The van der Waals surface area contributed by atoms with Crippen molar-refractivity contribution in [2.45, 2.75) is 37.6 Å². The molecule has 2 aliphatic heterocycles. The standard InChI is InChI=1S/C30H30N8O2/c31-28-27-23(16-24(37(27)35-17-34-28)20-10-13-33-14-11-20)19-8-6-18(7-9-19)22-12-15-36-26(22)25(29(32)39)30(40)38(36)21-4-2-1-3-5-21/h1-9,16-17,20,22,33H,10-15H2,(H2,32,39)(H2,31,34,35). The first-order chi connectivity index (χ1) is 19.5. The average Bonchev–Trinajstić information content (AvgIpc) is 3.65. The number of primary amides is 1. The molecule has 0 radical (unpaired) electrons. The van der Waals surface area contributed by atoms with Crippen LogP contribution in [-0.4, -0.2) is 43.0 Å². The molecule has 1 atom stereocenters. The fraction of sp³-hybridized carbons (Fsp3) is 0.267. The van der Waals surface area contributed by atoms with Crippen molar-refractivity contribution in [3.8, 4) is 16.8 Å². The van der Waals surface area contributed by atoms with Crippen LogP contribution in [0.15, 0.2) is 71.8 Å². The number of benzene rings is 2. The monoisotopic (exact) mass is 534 g/mol. The molecule has 1 fully saturated rings. The Hall–Kier alpha value is -4.70. The Morgan fingerprint density at radius 2 is 1.75 bits per heavy atom. The number of amides is 1. The van der Waals surface area contributed by atoms with E-state index in [1.54, 1.807) is 4.68 Å². The molecule has 0 aliphatic carbocycles. The average molecular weight is 535 g/mol. The third-order valence-electron chi connectivity index (χ3n) is 8.38. The van der Waals surface area contributed by atoms with Crippen LogP contribution < -0.4 is 22.3 Å². The van der Waals surface area contributed by atoms with Crippen molar-refractivity contribution in [2.75, 3.05) is 18.8 Å². The van der Waals surface area contributed by atoms with Gasteiger partial charge in [-0.3, -0.25) is 14.3 Å². The molecule has 10 nitrogen and oxygen atoms in total. The van der Waals surface area contributed by atoms with Gasteiger partial charge in [-0.2, -0.15) is 5.10 Å². The zero-order valence-electron chi connectivity index (χ0n) is 22.0. The Morgan fingerprint density at radius 1 is 1.00 bits per heavy atom. The van der Waals surface area contributed by atoms with Crippen LogP contribution in [-0.2, 0) is 6.54 Å². The van der Waals surface area contributed by atoms with Crippen LogP contribution in [0.5, 0.6) is 0 Å². The van der Waals surface area contributed by atoms with Gasteiger partial charge in [0.15, 0.2) is 5.82 Å². The number of nitrogen functional groups attached to an aromatic ring is 1. The maximum Gasteiger partial charge on any atom is 0.284 e. The Labute approximate surface area is 230 Å². The number of nitrogens with one attached hydrogen (secondary N) is 1. The molecule has 5 heterocycles. The Bertz CT molecular complexity index is 1790. The van der Waals surface area contributed by atoms with Crippen LogP contribution in [0.1, 0.15) is 58.4 Å². The van der Waals surface area contributed by atoms with Gasteiger partial charge in [-0.25, -0.2) is 14.2 Å². The molecule has 5 aromatic rings. The quantitative estimate of drug-likeness (QED) is 0.317. The minimum Gasteiger partial charge on any atom is -0.382 e. The highest BCUT2D eigenvalue weighted by atomic mass is 16.2. The van der Waals surface area contributed by atoms with E-state index in [1.165, 1.54) is 6.33 Å². The molecule has 40 heavy (non-hydrogen) atoms. The van der Waals surface area contributed by atoms with Crippen LogP contribution in [0.4, 0.5) is 5.82 Å². The number of carbonyl (C=O) groups excluding carboxylic acids is 1. The second kappa shape index (κ2) is 9.49. The van der Waals surface area contributed by atoms with Gasteiger partial charge in [0.1, 0.15) is 17.4 Å². The molecule has 0 saturated carbocycles. The minimum absolute atomic E-state index is 0.0606. The zero-order chi connectivity index (χ0) is 27.4. The van der Waals surface area contributed by atoms with E-state index in [4.69, 9.17) is 11.5 Å². The zero-order valence-corrected chi connectivity index (χ0v) is 22.0. The predicted octanol–water partition coefficient (Wildman–Crippen LogP) is 3.03. The van der Waals surface area contributed by atoms with Crippen LogP contribution in [0, 0.1) is 0 Å². The Balaban J connectivity index is 1.29. The summed E-state index contributed by atoms with van der Waals surface area (Å²) in [6.45, 7) is 2.57. The van der Waals surface area contributed by atoms with Gasteiger partial charge in [0.05, 0.1) is 11.4 Å². The molecule has 5 N–H and O–H groups in total. The van der Waals surface area contributed by atoms with E-state index < -0.39 is 5.91 Å². The lowest BCUT2D eigenvalue weighted by Crippen LogP contribution is -2.27. The van der Waals surface area contributed by atoms with Crippen molar-refractivity contribution < 1.29 is 4.79 Å². The second-order valence-corrected chi connectivity index (χ2v) is 10.6. The lowest BCUT2D eigenvalue weighted by Gasteiger charge is -2.22. The molecule has 7 rings (SSSR count). The molecule has 202 valence electrons. The van der Waals surface area contributed by atoms with E-state index in [2.05, 4.69) is 45.7 Å². The van der Waals surface area contributed by atoms with Gasteiger partial charge in [0, 0.05) is 29.6 Å². The number of para-hydroxylation sites is 1. The summed E-state index contributed by atoms with van der Waals surface area (Å²) in [4.78, 5) is 30.1. The van der Waals surface area contributed by atoms with Crippen LogP contribution in [0.25, 0.3) is 22.3 Å². The molecular formula is C30H30N8O2. The van der Waals surface area contributed by atoms with E-state index in [0.29, 0.717) is 29.7 Å². The fourth-order valence-corrected chi connectivity index (χ4v) is 6.52. The highest BCUT2D eigenvalue weighted by molar-refractivity contribution is 5.94. The summed E-state index contributed by atoms with van der Waals surface area (Å²) in [5, 5.41) is 7.99. The summed E-state index contributed by atoms with van der Waals surface area (Å²) in [5.41, 5.74) is 18.2. The molecule has 3 aromatic heterocycles. The summed E-state index contributed by atoms with van der Waals surface area (Å²) in [5.74, 6) is 0.0152. The topological polar surface area (TPSA) is 138 Å². The van der Waals surface area contributed by atoms with Crippen molar-refractivity contribution in [3.63, 3.8) is 0 Å². The first-order valence-corrected chi connectivity index (χ1v) is 13.7. The number of hydrogen-bond donors (Lipinski definition) is 3. The normalized spacial score (nSPS) is 17.4. The van der Waals surface area contributed by atoms with Gasteiger partial charge in [-0.15, -0.1) is 0 Å². The highest BCUT2D eigenvalue weighted by Crippen LogP contribution is 2.39. The third-order valence-corrected chi connectivity index (χ3v) is 8.38. The van der Waals surface area contributed by atoms with Crippen molar-refractivity contribution in [1.29, 1.82) is 0 Å². The van der Waals surface area contributed by atoms with Gasteiger partial charge in [-0.05, 0) is 61.7 Å². The van der Waals surface area contributed by atoms with Gasteiger partial charge in [0.2, 0.25) is 0 Å². The van der Waals surface area contributed by atoms with Crippen LogP contribution in [0.3, 0.4) is 0 Å². The van der Waals surface area contributed by atoms with Gasteiger partial charge in [-0.1, -0.05) is 42.5 Å². The summed E-state index contributed by atoms with van der Waals surface area (Å²) in [6.07, 6.45) is 4.36. The SMILES string of the molecule is NC(=O)c1c2n(n(-c3ccccc3)c1=O)CCC2c1ccc(-c2cc(C3CCNCC3)n3ncnc(N)c23)cc1. The van der Waals surface area contributed by atoms with Crippen molar-refractivity contribution in [2.24, 2.45) is 5.73 Å². The van der Waals surface area contributed by atoms with E-state index >= 15 is 0 Å². The van der Waals surface area contributed by atoms with Crippen LogP contribution in [0.2, 0.25) is 0 Å². The lowest BCUT2D eigenvalue weighted by atomic mass is 9.91. The molecule has 2 aliphatic rings. The van der Waals surface area contributed by atoms with Crippen LogP contribution >= 0.6 is 0 Å². The number of rotatable bonds is 5. The molecule has 2 aromatic carbocycles. The maximum atomic E-state index is 13.4. The predicted molar refractivity (Wildman–Crippen MR) is 153 cm³/mol. The molecule has 0 bridgehead atoms. The molecule has 1 saturated heterocycles. The number of piperidine rings is 1. The number of carbonyl (C=O) groups is 1. The van der Waals surface area contributed by atoms with E-state index in [-0.39, 0.29) is 17.0 Å². The smallest absolute Gasteiger partial charge is 0.284 e. The van der Waals surface area contributed by atoms with Gasteiger partial charge >= 0.3 is 0 Å². The number of hydrogen-bond acceptors (Lipinski definition) is 6. The molecular weight excluding hydrogens is 504 g/mol. The molecule has 1 amide bonds. The summed E-state index contributed by atoms with van der Waals surface area (Å²) >= 11 is 0. The fourth-order valence-electron chi connectivity index (χ4n) is 6.52. The molecule has 1 unspecified atom stereocenters. The summed E-state index contributed by atoms with van der Waals surface area (Å²) in [6, 6.07) is 19.8. The first-order valence-electron chi connectivity index (χ1n) is 13.7. The van der Waals surface area contributed by atoms with Crippen molar-refractivity contribution in [1.82, 2.24) is 29.3 Å². The molecule has 0 spiro atoms. The number of nitrogens with zero attached hydrogens (tertiary/aromatic N) is 5. The van der Waals surface area contributed by atoms with Crippen molar-refractivity contribution >= 4 is 17.2 Å². The first kappa shape index (κ1) is 24.3. The van der Waals surface area contributed by atoms with E-state index in [1.807, 2.05) is 39.5 Å². The molecule has 10 heteroatoms. The minimum atomic E-state index is -0.701. The van der Waals surface area contributed by atoms with E-state index in [9.17, 15) is 9.59 Å². The van der Waals surface area contributed by atoms with Gasteiger partial charge in [0.25, 0.3) is 11.5 Å².